The normalized spacial score (nSPS) is 11.1. The molecular formula is C24H16Cl4N2O2. The fraction of sp³-hybridized carbons (Fsp3) is 0. The maximum Gasteiger partial charge on any atom is 0.248 e. The summed E-state index contributed by atoms with van der Waals surface area (Å²) in [4.78, 5) is 24.2. The highest BCUT2D eigenvalue weighted by Gasteiger charge is 2.03. The third kappa shape index (κ3) is 7.14. The van der Waals surface area contributed by atoms with Gasteiger partial charge in [0.2, 0.25) is 11.8 Å². The Bertz CT molecular complexity index is 1110. The molecule has 0 bridgehead atoms. The molecule has 0 heterocycles. The first-order chi connectivity index (χ1) is 15.3. The SMILES string of the molecule is O=C(C=Cc1ccc(Cl)c(Cl)c1)Nc1ccc(NC(=O)C=Cc2ccc(Cl)c(Cl)c2)cc1. The van der Waals surface area contributed by atoms with Crippen LogP contribution in [-0.4, -0.2) is 11.8 Å². The Balaban J connectivity index is 1.53. The van der Waals surface area contributed by atoms with Gasteiger partial charge in [-0.1, -0.05) is 58.5 Å². The van der Waals surface area contributed by atoms with Crippen molar-refractivity contribution in [2.75, 3.05) is 10.6 Å². The van der Waals surface area contributed by atoms with Gasteiger partial charge in [0.1, 0.15) is 0 Å². The van der Waals surface area contributed by atoms with E-state index in [0.717, 1.165) is 11.1 Å². The van der Waals surface area contributed by atoms with E-state index in [9.17, 15) is 9.59 Å². The molecule has 0 saturated carbocycles. The second kappa shape index (κ2) is 11.2. The summed E-state index contributed by atoms with van der Waals surface area (Å²) in [6.07, 6.45) is 6.05. The van der Waals surface area contributed by atoms with Crippen LogP contribution in [0.4, 0.5) is 11.4 Å². The summed E-state index contributed by atoms with van der Waals surface area (Å²) in [5.74, 6) is -0.616. The second-order valence-electron chi connectivity index (χ2n) is 6.57. The maximum absolute atomic E-state index is 12.1. The summed E-state index contributed by atoms with van der Waals surface area (Å²) in [6, 6.07) is 16.9. The van der Waals surface area contributed by atoms with Gasteiger partial charge in [0.25, 0.3) is 0 Å². The van der Waals surface area contributed by atoms with Crippen LogP contribution in [0.1, 0.15) is 11.1 Å². The van der Waals surface area contributed by atoms with E-state index in [1.165, 1.54) is 12.2 Å². The van der Waals surface area contributed by atoms with Crippen LogP contribution in [0.5, 0.6) is 0 Å². The molecule has 2 amide bonds. The molecule has 162 valence electrons. The van der Waals surface area contributed by atoms with E-state index in [1.54, 1.807) is 72.8 Å². The molecule has 3 aromatic carbocycles. The molecule has 0 spiro atoms. The molecule has 0 radical (unpaired) electrons. The average Bonchev–Trinajstić information content (AvgIpc) is 2.77. The van der Waals surface area contributed by atoms with Gasteiger partial charge in [-0.2, -0.15) is 0 Å². The molecule has 0 aliphatic carbocycles. The zero-order valence-electron chi connectivity index (χ0n) is 16.4. The lowest BCUT2D eigenvalue weighted by Gasteiger charge is -2.05. The number of hydrogen-bond acceptors (Lipinski definition) is 2. The number of benzene rings is 3. The van der Waals surface area contributed by atoms with Crippen LogP contribution in [0.15, 0.2) is 72.8 Å². The lowest BCUT2D eigenvalue weighted by atomic mass is 10.2. The van der Waals surface area contributed by atoms with Crippen molar-refractivity contribution in [3.63, 3.8) is 0 Å². The van der Waals surface area contributed by atoms with E-state index in [1.807, 2.05) is 0 Å². The Morgan fingerprint density at radius 1 is 0.562 bits per heavy atom. The molecule has 4 nitrogen and oxygen atoms in total. The average molecular weight is 506 g/mol. The highest BCUT2D eigenvalue weighted by molar-refractivity contribution is 6.42. The van der Waals surface area contributed by atoms with Crippen molar-refractivity contribution in [1.82, 2.24) is 0 Å². The molecule has 3 aromatic rings. The first-order valence-corrected chi connectivity index (χ1v) is 10.8. The van der Waals surface area contributed by atoms with E-state index < -0.39 is 0 Å². The van der Waals surface area contributed by atoms with Gasteiger partial charge in [0.15, 0.2) is 0 Å². The standard InChI is InChI=1S/C24H16Cl4N2O2/c25-19-9-1-15(13-21(19)27)3-11-23(31)29-17-5-7-18(8-6-17)30-24(32)12-4-16-2-10-20(26)22(28)14-16/h1-14H,(H,29,31)(H,30,32). The van der Waals surface area contributed by atoms with Crippen LogP contribution >= 0.6 is 46.4 Å². The summed E-state index contributed by atoms with van der Waals surface area (Å²) in [5, 5.41) is 7.21. The molecule has 0 aliphatic rings. The van der Waals surface area contributed by atoms with Crippen molar-refractivity contribution in [2.45, 2.75) is 0 Å². The number of carbonyl (C=O) groups is 2. The van der Waals surface area contributed by atoms with Crippen LogP contribution in [0.3, 0.4) is 0 Å². The van der Waals surface area contributed by atoms with Gasteiger partial charge < -0.3 is 10.6 Å². The number of rotatable bonds is 6. The molecule has 2 N–H and O–H groups in total. The third-order valence-electron chi connectivity index (χ3n) is 4.16. The Kier molecular flexibility index (Phi) is 8.37. The minimum absolute atomic E-state index is 0.308. The first kappa shape index (κ1) is 23.9. The van der Waals surface area contributed by atoms with Crippen molar-refractivity contribution in [3.8, 4) is 0 Å². The van der Waals surface area contributed by atoms with Gasteiger partial charge >= 0.3 is 0 Å². The predicted octanol–water partition coefficient (Wildman–Crippen LogP) is 7.60. The Hall–Kier alpha value is -2.76. The van der Waals surface area contributed by atoms with E-state index in [-0.39, 0.29) is 11.8 Å². The summed E-state index contributed by atoms with van der Waals surface area (Å²) < 4.78 is 0. The maximum atomic E-state index is 12.1. The van der Waals surface area contributed by atoms with E-state index in [0.29, 0.717) is 31.5 Å². The van der Waals surface area contributed by atoms with Crippen LogP contribution in [0.2, 0.25) is 20.1 Å². The van der Waals surface area contributed by atoms with Crippen molar-refractivity contribution >= 4 is 81.7 Å². The molecule has 0 aliphatic heterocycles. The van der Waals surface area contributed by atoms with Gasteiger partial charge in [-0.3, -0.25) is 9.59 Å². The smallest absolute Gasteiger partial charge is 0.248 e. The summed E-state index contributed by atoms with van der Waals surface area (Å²) in [6.45, 7) is 0. The summed E-state index contributed by atoms with van der Waals surface area (Å²) in [5.41, 5.74) is 2.67. The minimum atomic E-state index is -0.308. The zero-order chi connectivity index (χ0) is 23.1. The number of halogens is 4. The number of nitrogens with one attached hydrogen (secondary N) is 2. The largest absolute Gasteiger partial charge is 0.323 e. The topological polar surface area (TPSA) is 58.2 Å². The van der Waals surface area contributed by atoms with E-state index >= 15 is 0 Å². The lowest BCUT2D eigenvalue weighted by Crippen LogP contribution is -2.09. The Labute approximate surface area is 205 Å². The van der Waals surface area contributed by atoms with E-state index in [4.69, 9.17) is 46.4 Å². The van der Waals surface area contributed by atoms with Crippen LogP contribution < -0.4 is 10.6 Å². The first-order valence-electron chi connectivity index (χ1n) is 9.28. The molecule has 8 heteroatoms. The fourth-order valence-electron chi connectivity index (χ4n) is 2.58. The Morgan fingerprint density at radius 3 is 1.28 bits per heavy atom. The quantitative estimate of drug-likeness (QED) is 0.339. The molecule has 0 unspecified atom stereocenters. The second-order valence-corrected chi connectivity index (χ2v) is 8.20. The number of carbonyl (C=O) groups excluding carboxylic acids is 2. The van der Waals surface area contributed by atoms with Crippen molar-refractivity contribution in [2.24, 2.45) is 0 Å². The number of hydrogen-bond donors (Lipinski definition) is 2. The summed E-state index contributed by atoms with van der Waals surface area (Å²) in [7, 11) is 0. The van der Waals surface area contributed by atoms with Crippen LogP contribution in [0.25, 0.3) is 12.2 Å². The van der Waals surface area contributed by atoms with Crippen LogP contribution in [-0.2, 0) is 9.59 Å². The lowest BCUT2D eigenvalue weighted by molar-refractivity contribution is -0.112. The van der Waals surface area contributed by atoms with E-state index in [2.05, 4.69) is 10.6 Å². The minimum Gasteiger partial charge on any atom is -0.323 e. The molecule has 0 aromatic heterocycles. The van der Waals surface area contributed by atoms with Crippen LogP contribution in [0, 0.1) is 0 Å². The molecule has 0 saturated heterocycles. The van der Waals surface area contributed by atoms with Gasteiger partial charge in [-0.15, -0.1) is 0 Å². The highest BCUT2D eigenvalue weighted by atomic mass is 35.5. The summed E-state index contributed by atoms with van der Waals surface area (Å²) >= 11 is 23.7. The van der Waals surface area contributed by atoms with Gasteiger partial charge in [0.05, 0.1) is 20.1 Å². The molecule has 32 heavy (non-hydrogen) atoms. The molecule has 0 fully saturated rings. The number of amides is 2. The van der Waals surface area contributed by atoms with Crippen molar-refractivity contribution in [1.29, 1.82) is 0 Å². The van der Waals surface area contributed by atoms with Gasteiger partial charge in [-0.05, 0) is 71.8 Å². The third-order valence-corrected chi connectivity index (χ3v) is 5.64. The predicted molar refractivity (Wildman–Crippen MR) is 135 cm³/mol. The van der Waals surface area contributed by atoms with Gasteiger partial charge in [-0.25, -0.2) is 0 Å². The van der Waals surface area contributed by atoms with Crippen molar-refractivity contribution < 1.29 is 9.59 Å². The molecule has 3 rings (SSSR count). The van der Waals surface area contributed by atoms with Crippen molar-refractivity contribution in [3.05, 3.63) is 104 Å². The highest BCUT2D eigenvalue weighted by Crippen LogP contribution is 2.24. The molecule has 0 atom stereocenters. The monoisotopic (exact) mass is 504 g/mol. The Morgan fingerprint density at radius 2 is 0.938 bits per heavy atom. The number of anilines is 2. The zero-order valence-corrected chi connectivity index (χ0v) is 19.4. The molecular weight excluding hydrogens is 490 g/mol. The fourth-order valence-corrected chi connectivity index (χ4v) is 3.19. The van der Waals surface area contributed by atoms with Gasteiger partial charge in [0, 0.05) is 23.5 Å².